The average molecular weight is 236 g/mol. The van der Waals surface area contributed by atoms with Crippen LogP contribution in [0.4, 0.5) is 0 Å². The van der Waals surface area contributed by atoms with Crippen LogP contribution in [0.15, 0.2) is 11.6 Å². The van der Waals surface area contributed by atoms with Crippen molar-refractivity contribution in [3.63, 3.8) is 0 Å². The molecule has 3 aliphatic rings. The van der Waals surface area contributed by atoms with Gasteiger partial charge in [-0.3, -0.25) is 0 Å². The van der Waals surface area contributed by atoms with Crippen LogP contribution in [0.25, 0.3) is 0 Å². The standard InChI is InChI=1S/C15H24O2/c1-3-16-14-10-12-8-4-6-11-7-5-9-13(17-14)15(11,12)2/h6,12-14H,3-5,7-10H2,1-2H3/t12-,13-,14?,15-/m1/s1. The molecular formula is C15H24O2. The summed E-state index contributed by atoms with van der Waals surface area (Å²) in [5, 5.41) is 0. The zero-order chi connectivity index (χ0) is 11.9. The summed E-state index contributed by atoms with van der Waals surface area (Å²) in [4.78, 5) is 0. The molecule has 2 nitrogen and oxygen atoms in total. The molecule has 0 spiro atoms. The van der Waals surface area contributed by atoms with Gasteiger partial charge in [-0.15, -0.1) is 0 Å². The number of hydrogen-bond acceptors (Lipinski definition) is 2. The maximum absolute atomic E-state index is 6.21. The van der Waals surface area contributed by atoms with Crippen LogP contribution < -0.4 is 0 Å². The van der Waals surface area contributed by atoms with Crippen molar-refractivity contribution in [2.45, 2.75) is 64.8 Å². The SMILES string of the molecule is CCOC1C[C@H]2CCC=C3CCC[C@@H](O1)[C@]32C. The minimum atomic E-state index is 0.0560. The Morgan fingerprint density at radius 1 is 1.47 bits per heavy atom. The third-order valence-electron chi connectivity index (χ3n) is 5.17. The lowest BCUT2D eigenvalue weighted by Crippen LogP contribution is -2.53. The van der Waals surface area contributed by atoms with Gasteiger partial charge in [0.15, 0.2) is 6.29 Å². The first-order valence-corrected chi connectivity index (χ1v) is 7.21. The molecule has 1 heterocycles. The second-order valence-electron chi connectivity index (χ2n) is 5.92. The van der Waals surface area contributed by atoms with Gasteiger partial charge >= 0.3 is 0 Å². The lowest BCUT2D eigenvalue weighted by molar-refractivity contribution is -0.247. The molecule has 1 aliphatic heterocycles. The Bertz CT molecular complexity index is 323. The molecule has 2 heteroatoms. The molecule has 2 aliphatic carbocycles. The first-order valence-electron chi connectivity index (χ1n) is 7.21. The monoisotopic (exact) mass is 236 g/mol. The molecule has 1 saturated carbocycles. The van der Waals surface area contributed by atoms with Gasteiger partial charge in [-0.25, -0.2) is 0 Å². The van der Waals surface area contributed by atoms with Crippen molar-refractivity contribution >= 4 is 0 Å². The third kappa shape index (κ3) is 1.77. The van der Waals surface area contributed by atoms with Crippen LogP contribution in [-0.4, -0.2) is 19.0 Å². The molecule has 1 unspecified atom stereocenters. The Morgan fingerprint density at radius 3 is 3.18 bits per heavy atom. The molecular weight excluding hydrogens is 212 g/mol. The smallest absolute Gasteiger partial charge is 0.158 e. The van der Waals surface area contributed by atoms with Gasteiger partial charge in [-0.1, -0.05) is 18.6 Å². The van der Waals surface area contributed by atoms with Gasteiger partial charge in [0.1, 0.15) is 0 Å². The third-order valence-corrected chi connectivity index (χ3v) is 5.17. The van der Waals surface area contributed by atoms with E-state index in [1.165, 1.54) is 32.1 Å². The molecule has 96 valence electrons. The highest BCUT2D eigenvalue weighted by molar-refractivity contribution is 5.24. The van der Waals surface area contributed by atoms with E-state index in [-0.39, 0.29) is 6.29 Å². The highest BCUT2D eigenvalue weighted by Gasteiger charge is 2.52. The fourth-order valence-corrected chi connectivity index (χ4v) is 4.20. The molecule has 17 heavy (non-hydrogen) atoms. The number of allylic oxidation sites excluding steroid dienone is 1. The van der Waals surface area contributed by atoms with Gasteiger partial charge in [0, 0.05) is 18.4 Å². The second-order valence-corrected chi connectivity index (χ2v) is 5.92. The van der Waals surface area contributed by atoms with E-state index in [4.69, 9.17) is 9.47 Å². The van der Waals surface area contributed by atoms with E-state index >= 15 is 0 Å². The van der Waals surface area contributed by atoms with Gasteiger partial charge in [0.05, 0.1) is 6.10 Å². The van der Waals surface area contributed by atoms with E-state index in [1.54, 1.807) is 5.57 Å². The topological polar surface area (TPSA) is 18.5 Å². The highest BCUT2D eigenvalue weighted by Crippen LogP contribution is 2.56. The summed E-state index contributed by atoms with van der Waals surface area (Å²) in [5.74, 6) is 0.776. The van der Waals surface area contributed by atoms with E-state index in [1.807, 2.05) is 0 Å². The molecule has 1 saturated heterocycles. The van der Waals surface area contributed by atoms with Crippen LogP contribution in [0.3, 0.4) is 0 Å². The first kappa shape index (κ1) is 11.7. The normalized spacial score (nSPS) is 45.1. The van der Waals surface area contributed by atoms with E-state index in [9.17, 15) is 0 Å². The molecule has 0 bridgehead atoms. The van der Waals surface area contributed by atoms with Crippen LogP contribution in [0.2, 0.25) is 0 Å². The molecule has 3 rings (SSSR count). The van der Waals surface area contributed by atoms with Crippen molar-refractivity contribution in [2.24, 2.45) is 11.3 Å². The summed E-state index contributed by atoms with van der Waals surface area (Å²) in [6, 6.07) is 0. The number of rotatable bonds is 2. The van der Waals surface area contributed by atoms with Crippen molar-refractivity contribution in [2.75, 3.05) is 6.61 Å². The lowest BCUT2D eigenvalue weighted by atomic mass is 9.57. The van der Waals surface area contributed by atoms with Crippen molar-refractivity contribution in [1.82, 2.24) is 0 Å². The summed E-state index contributed by atoms with van der Waals surface area (Å²) in [6.45, 7) is 5.27. The molecule has 4 atom stereocenters. The van der Waals surface area contributed by atoms with E-state index in [0.29, 0.717) is 11.5 Å². The maximum Gasteiger partial charge on any atom is 0.158 e. The fourth-order valence-electron chi connectivity index (χ4n) is 4.20. The fraction of sp³-hybridized carbons (Fsp3) is 0.867. The Hall–Kier alpha value is -0.340. The van der Waals surface area contributed by atoms with Gasteiger partial charge < -0.3 is 9.47 Å². The van der Waals surface area contributed by atoms with Gasteiger partial charge in [0.2, 0.25) is 0 Å². The van der Waals surface area contributed by atoms with E-state index in [2.05, 4.69) is 19.9 Å². The maximum atomic E-state index is 6.21. The van der Waals surface area contributed by atoms with Gasteiger partial charge in [-0.05, 0) is 44.9 Å². The molecule has 2 fully saturated rings. The van der Waals surface area contributed by atoms with Crippen LogP contribution in [0, 0.1) is 11.3 Å². The summed E-state index contributed by atoms with van der Waals surface area (Å²) in [7, 11) is 0. The Labute approximate surface area is 104 Å². The Balaban J connectivity index is 1.87. The van der Waals surface area contributed by atoms with Crippen LogP contribution in [0.1, 0.15) is 52.4 Å². The van der Waals surface area contributed by atoms with Gasteiger partial charge in [-0.2, -0.15) is 0 Å². The zero-order valence-corrected chi connectivity index (χ0v) is 11.1. The first-order chi connectivity index (χ1) is 8.25. The van der Waals surface area contributed by atoms with Crippen molar-refractivity contribution in [1.29, 1.82) is 0 Å². The summed E-state index contributed by atoms with van der Waals surface area (Å²) in [5.41, 5.74) is 2.00. The summed E-state index contributed by atoms with van der Waals surface area (Å²) < 4.78 is 11.9. The van der Waals surface area contributed by atoms with Crippen LogP contribution in [-0.2, 0) is 9.47 Å². The molecule has 0 amide bonds. The predicted octanol–water partition coefficient (Wildman–Crippen LogP) is 3.66. The Kier molecular flexibility index (Phi) is 3.04. The van der Waals surface area contributed by atoms with Crippen molar-refractivity contribution in [3.05, 3.63) is 11.6 Å². The predicted molar refractivity (Wildman–Crippen MR) is 67.7 cm³/mol. The zero-order valence-electron chi connectivity index (χ0n) is 11.1. The molecule has 0 aromatic rings. The quantitative estimate of drug-likeness (QED) is 0.681. The largest absolute Gasteiger partial charge is 0.353 e. The van der Waals surface area contributed by atoms with E-state index in [0.717, 1.165) is 18.9 Å². The summed E-state index contributed by atoms with van der Waals surface area (Å²) >= 11 is 0. The molecule has 0 N–H and O–H groups in total. The lowest BCUT2D eigenvalue weighted by Gasteiger charge is -2.55. The minimum absolute atomic E-state index is 0.0560. The highest BCUT2D eigenvalue weighted by atomic mass is 16.7. The Morgan fingerprint density at radius 2 is 2.35 bits per heavy atom. The second kappa shape index (κ2) is 4.40. The van der Waals surface area contributed by atoms with Crippen LogP contribution >= 0.6 is 0 Å². The molecule has 0 radical (unpaired) electrons. The van der Waals surface area contributed by atoms with E-state index < -0.39 is 0 Å². The number of hydrogen-bond donors (Lipinski definition) is 0. The van der Waals surface area contributed by atoms with Gasteiger partial charge in [0.25, 0.3) is 0 Å². The average Bonchev–Trinajstić information content (AvgIpc) is 2.30. The molecule has 0 aromatic heterocycles. The summed E-state index contributed by atoms with van der Waals surface area (Å²) in [6.07, 6.45) is 10.4. The molecule has 0 aromatic carbocycles. The van der Waals surface area contributed by atoms with Crippen molar-refractivity contribution < 1.29 is 9.47 Å². The van der Waals surface area contributed by atoms with Crippen molar-refractivity contribution in [3.8, 4) is 0 Å². The number of ether oxygens (including phenoxy) is 2. The van der Waals surface area contributed by atoms with Crippen LogP contribution in [0.5, 0.6) is 0 Å². The minimum Gasteiger partial charge on any atom is -0.353 e.